The van der Waals surface area contributed by atoms with Crippen LogP contribution in [0, 0.1) is 6.92 Å². The van der Waals surface area contributed by atoms with Gasteiger partial charge in [0.05, 0.1) is 11.3 Å². The van der Waals surface area contributed by atoms with E-state index in [4.69, 9.17) is 0 Å². The van der Waals surface area contributed by atoms with Gasteiger partial charge in [-0.2, -0.15) is 0 Å². The minimum Gasteiger partial charge on any atom is -0.323 e. The molecule has 1 aliphatic carbocycles. The molecule has 0 aromatic carbocycles. The Hall–Kier alpha value is -2.37. The van der Waals surface area contributed by atoms with Crippen LogP contribution in [-0.2, 0) is 4.79 Å². The summed E-state index contributed by atoms with van der Waals surface area (Å²) in [5.41, 5.74) is 0.150. The summed E-state index contributed by atoms with van der Waals surface area (Å²) in [5, 5.41) is 2.31. The van der Waals surface area contributed by atoms with E-state index in [1.54, 1.807) is 6.92 Å². The average Bonchev–Trinajstić information content (AvgIpc) is 2.24. The third-order valence-corrected chi connectivity index (χ3v) is 2.22. The Labute approximate surface area is 96.8 Å². The van der Waals surface area contributed by atoms with Crippen molar-refractivity contribution in [1.82, 2.24) is 15.3 Å². The molecular weight excluding hydrogens is 222 g/mol. The number of hydrogen-bond donors (Lipinski definition) is 1. The van der Waals surface area contributed by atoms with Gasteiger partial charge < -0.3 is 5.32 Å². The first-order valence-electron chi connectivity index (χ1n) is 4.91. The lowest BCUT2D eigenvalue weighted by atomic mass is 9.98. The summed E-state index contributed by atoms with van der Waals surface area (Å²) in [6, 6.07) is 0. The molecular formula is C11H9N3O3. The number of carbonyl (C=O) groups excluding carboxylic acids is 3. The fraction of sp³-hybridized carbons (Fsp3) is 0.182. The van der Waals surface area contributed by atoms with Crippen LogP contribution in [0.3, 0.4) is 0 Å². The summed E-state index contributed by atoms with van der Waals surface area (Å²) < 4.78 is 0. The van der Waals surface area contributed by atoms with Crippen molar-refractivity contribution in [2.75, 3.05) is 0 Å². The van der Waals surface area contributed by atoms with Gasteiger partial charge >= 0.3 is 0 Å². The van der Waals surface area contributed by atoms with Gasteiger partial charge in [-0.15, -0.1) is 0 Å². The van der Waals surface area contributed by atoms with Gasteiger partial charge in [-0.1, -0.05) is 0 Å². The first-order valence-corrected chi connectivity index (χ1v) is 4.91. The molecule has 0 fully saturated rings. The number of Topliss-reactive ketones (excluding diaryl/α,β-unsaturated/α-hetero) is 1. The summed E-state index contributed by atoms with van der Waals surface area (Å²) in [6.45, 7) is 2.88. The molecule has 2 rings (SSSR count). The number of rotatable bonds is 1. The van der Waals surface area contributed by atoms with Gasteiger partial charge in [0.25, 0.3) is 0 Å². The Kier molecular flexibility index (Phi) is 2.55. The second-order valence-corrected chi connectivity index (χ2v) is 3.61. The van der Waals surface area contributed by atoms with Crippen LogP contribution in [0.15, 0.2) is 18.0 Å². The SMILES string of the molecule is CC(=O)NC1=CC(=O)c2cnc(C)nc2C1=O. The van der Waals surface area contributed by atoms with E-state index in [0.717, 1.165) is 6.08 Å². The molecule has 1 aromatic heterocycles. The minimum absolute atomic E-state index is 0.0359. The van der Waals surface area contributed by atoms with E-state index in [2.05, 4.69) is 15.3 Å². The molecule has 6 heteroatoms. The molecule has 17 heavy (non-hydrogen) atoms. The van der Waals surface area contributed by atoms with Gasteiger partial charge in [0.2, 0.25) is 11.7 Å². The van der Waals surface area contributed by atoms with Crippen molar-refractivity contribution >= 4 is 17.5 Å². The number of ketones is 2. The van der Waals surface area contributed by atoms with E-state index in [0.29, 0.717) is 5.82 Å². The Morgan fingerprint density at radius 2 is 2.06 bits per heavy atom. The number of hydrogen-bond acceptors (Lipinski definition) is 5. The second kappa shape index (κ2) is 3.89. The molecule has 6 nitrogen and oxygen atoms in total. The molecule has 0 spiro atoms. The van der Waals surface area contributed by atoms with Crippen molar-refractivity contribution in [3.63, 3.8) is 0 Å². The van der Waals surface area contributed by atoms with Crippen LogP contribution in [0.4, 0.5) is 0 Å². The highest BCUT2D eigenvalue weighted by atomic mass is 16.2. The van der Waals surface area contributed by atoms with Crippen molar-refractivity contribution in [2.45, 2.75) is 13.8 Å². The lowest BCUT2D eigenvalue weighted by Crippen LogP contribution is -2.30. The minimum atomic E-state index is -0.472. The van der Waals surface area contributed by atoms with Crippen molar-refractivity contribution in [1.29, 1.82) is 0 Å². The monoisotopic (exact) mass is 231 g/mol. The summed E-state index contributed by atoms with van der Waals surface area (Å²) in [6.07, 6.45) is 2.41. The molecule has 0 radical (unpaired) electrons. The highest BCUT2D eigenvalue weighted by molar-refractivity contribution is 6.24. The number of amides is 1. The quantitative estimate of drug-likeness (QED) is 0.744. The highest BCUT2D eigenvalue weighted by Crippen LogP contribution is 2.17. The predicted octanol–water partition coefficient (Wildman–Crippen LogP) is 0.184. The van der Waals surface area contributed by atoms with Crippen LogP contribution in [0.5, 0.6) is 0 Å². The van der Waals surface area contributed by atoms with Crippen molar-refractivity contribution < 1.29 is 14.4 Å². The van der Waals surface area contributed by atoms with Crippen molar-refractivity contribution in [3.8, 4) is 0 Å². The maximum absolute atomic E-state index is 11.9. The molecule has 1 aromatic rings. The van der Waals surface area contributed by atoms with E-state index in [9.17, 15) is 14.4 Å². The van der Waals surface area contributed by atoms with Crippen molar-refractivity contribution in [3.05, 3.63) is 35.1 Å². The molecule has 1 aliphatic rings. The van der Waals surface area contributed by atoms with Crippen molar-refractivity contribution in [2.24, 2.45) is 0 Å². The predicted molar refractivity (Wildman–Crippen MR) is 57.3 cm³/mol. The highest BCUT2D eigenvalue weighted by Gasteiger charge is 2.28. The molecule has 0 bridgehead atoms. The van der Waals surface area contributed by atoms with Crippen LogP contribution >= 0.6 is 0 Å². The molecule has 0 saturated carbocycles. The van der Waals surface area contributed by atoms with E-state index < -0.39 is 11.7 Å². The molecule has 1 N–H and O–H groups in total. The smallest absolute Gasteiger partial charge is 0.228 e. The molecule has 1 amide bonds. The molecule has 0 saturated heterocycles. The number of allylic oxidation sites excluding steroid dienone is 2. The fourth-order valence-electron chi connectivity index (χ4n) is 1.51. The Balaban J connectivity index is 2.50. The van der Waals surface area contributed by atoms with Crippen LogP contribution in [0.1, 0.15) is 33.6 Å². The summed E-state index contributed by atoms with van der Waals surface area (Å²) in [5.74, 6) is -0.871. The standard InChI is InChI=1S/C11H9N3O3/c1-5-12-4-7-9(16)3-8(14-6(2)15)11(17)10(7)13-5/h3-4H,1-2H3,(H,14,15). The average molecular weight is 231 g/mol. The van der Waals surface area contributed by atoms with Gasteiger partial charge in [0, 0.05) is 19.2 Å². The lowest BCUT2D eigenvalue weighted by Gasteiger charge is -2.13. The molecule has 1 heterocycles. The molecule has 0 unspecified atom stereocenters. The van der Waals surface area contributed by atoms with Gasteiger partial charge in [0.15, 0.2) is 5.78 Å². The molecule has 0 atom stereocenters. The third kappa shape index (κ3) is 1.96. The van der Waals surface area contributed by atoms with Gasteiger partial charge in [-0.3, -0.25) is 14.4 Å². The molecule has 86 valence electrons. The Morgan fingerprint density at radius 3 is 2.71 bits per heavy atom. The third-order valence-electron chi connectivity index (χ3n) is 2.22. The lowest BCUT2D eigenvalue weighted by molar-refractivity contribution is -0.118. The Bertz CT molecular complexity index is 575. The summed E-state index contributed by atoms with van der Waals surface area (Å²) in [4.78, 5) is 42.3. The molecule has 0 aliphatic heterocycles. The largest absolute Gasteiger partial charge is 0.323 e. The van der Waals surface area contributed by atoms with Crippen LogP contribution in [0.25, 0.3) is 0 Å². The van der Waals surface area contributed by atoms with Crippen LogP contribution in [-0.4, -0.2) is 27.4 Å². The first kappa shape index (κ1) is 11.1. The van der Waals surface area contributed by atoms with Crippen LogP contribution < -0.4 is 5.32 Å². The second-order valence-electron chi connectivity index (χ2n) is 3.61. The topological polar surface area (TPSA) is 89.0 Å². The normalized spacial score (nSPS) is 14.1. The zero-order valence-electron chi connectivity index (χ0n) is 9.27. The summed E-state index contributed by atoms with van der Waals surface area (Å²) >= 11 is 0. The number of aryl methyl sites for hydroxylation is 1. The number of aromatic nitrogens is 2. The maximum Gasteiger partial charge on any atom is 0.228 e. The zero-order valence-corrected chi connectivity index (χ0v) is 9.27. The first-order chi connectivity index (χ1) is 7.99. The number of carbonyl (C=O) groups is 3. The summed E-state index contributed by atoms with van der Waals surface area (Å²) in [7, 11) is 0. The Morgan fingerprint density at radius 1 is 1.35 bits per heavy atom. The van der Waals surface area contributed by atoms with E-state index >= 15 is 0 Å². The zero-order chi connectivity index (χ0) is 12.6. The number of nitrogens with zero attached hydrogens (tertiary/aromatic N) is 2. The fourth-order valence-corrected chi connectivity index (χ4v) is 1.51. The van der Waals surface area contributed by atoms with E-state index in [1.165, 1.54) is 13.1 Å². The van der Waals surface area contributed by atoms with E-state index in [1.807, 2.05) is 0 Å². The number of nitrogens with one attached hydrogen (secondary N) is 1. The van der Waals surface area contributed by atoms with Gasteiger partial charge in [-0.05, 0) is 6.92 Å². The van der Waals surface area contributed by atoms with Gasteiger partial charge in [-0.25, -0.2) is 9.97 Å². The maximum atomic E-state index is 11.9. The van der Waals surface area contributed by atoms with E-state index in [-0.39, 0.29) is 22.7 Å². The number of fused-ring (bicyclic) bond motifs is 1. The van der Waals surface area contributed by atoms with Gasteiger partial charge in [0.1, 0.15) is 11.5 Å². The van der Waals surface area contributed by atoms with Crippen LogP contribution in [0.2, 0.25) is 0 Å².